The largest absolute Gasteiger partial charge is 0.390 e. The summed E-state index contributed by atoms with van der Waals surface area (Å²) >= 11 is 0. The molecule has 1 aliphatic rings. The number of hydrogen-bond acceptors (Lipinski definition) is 5. The van der Waals surface area contributed by atoms with Crippen molar-refractivity contribution < 1.29 is 19.0 Å². The number of rotatable bonds is 5. The smallest absolute Gasteiger partial charge is 0.330 e. The number of nitrogens with zero attached hydrogens (tertiary/aromatic N) is 1. The molecule has 0 amide bonds. The highest BCUT2D eigenvalue weighted by atomic mass is 19.1. The van der Waals surface area contributed by atoms with Gasteiger partial charge < -0.3 is 14.6 Å². The van der Waals surface area contributed by atoms with Gasteiger partial charge in [0.15, 0.2) is 0 Å². The SMILES string of the molecule is O=c1[nH]c(=O)n([C@@H]2CC(O)[C@H](COCc3ccccc3)O2)cc1F. The third-order valence-electron chi connectivity index (χ3n) is 3.83. The number of aliphatic hydroxyl groups is 1. The zero-order chi connectivity index (χ0) is 17.1. The Bertz CT molecular complexity index is 804. The third-order valence-corrected chi connectivity index (χ3v) is 3.83. The van der Waals surface area contributed by atoms with Gasteiger partial charge in [-0.25, -0.2) is 4.79 Å². The summed E-state index contributed by atoms with van der Waals surface area (Å²) in [5, 5.41) is 10.0. The molecule has 2 heterocycles. The lowest BCUT2D eigenvalue weighted by Crippen LogP contribution is -2.34. The van der Waals surface area contributed by atoms with Crippen LogP contribution in [0.25, 0.3) is 0 Å². The average molecular weight is 336 g/mol. The molecule has 8 heteroatoms. The van der Waals surface area contributed by atoms with Gasteiger partial charge in [-0.1, -0.05) is 30.3 Å². The van der Waals surface area contributed by atoms with Crippen molar-refractivity contribution in [2.24, 2.45) is 0 Å². The van der Waals surface area contributed by atoms with Gasteiger partial charge in [-0.3, -0.25) is 14.3 Å². The summed E-state index contributed by atoms with van der Waals surface area (Å²) in [6, 6.07) is 9.52. The molecule has 2 aromatic rings. The maximum Gasteiger partial charge on any atom is 0.330 e. The van der Waals surface area contributed by atoms with Gasteiger partial charge in [-0.2, -0.15) is 4.39 Å². The van der Waals surface area contributed by atoms with Gasteiger partial charge in [0.1, 0.15) is 12.3 Å². The average Bonchev–Trinajstić information content (AvgIpc) is 2.93. The van der Waals surface area contributed by atoms with Crippen LogP contribution in [-0.2, 0) is 16.1 Å². The second-order valence-electron chi connectivity index (χ2n) is 5.58. The molecular formula is C16H17FN2O5. The van der Waals surface area contributed by atoms with Crippen LogP contribution in [0.5, 0.6) is 0 Å². The first-order chi connectivity index (χ1) is 11.5. The number of halogens is 1. The monoisotopic (exact) mass is 336 g/mol. The normalized spacial score (nSPS) is 23.5. The van der Waals surface area contributed by atoms with E-state index in [1.54, 1.807) is 0 Å². The summed E-state index contributed by atoms with van der Waals surface area (Å²) in [6.45, 7) is 0.498. The number of nitrogens with one attached hydrogen (secondary N) is 1. The Morgan fingerprint density at radius 1 is 1.33 bits per heavy atom. The topological polar surface area (TPSA) is 93.6 Å². The number of aromatic nitrogens is 2. The molecule has 1 fully saturated rings. The molecule has 7 nitrogen and oxygen atoms in total. The lowest BCUT2D eigenvalue weighted by atomic mass is 10.2. The van der Waals surface area contributed by atoms with Gasteiger partial charge in [0.05, 0.1) is 25.5 Å². The van der Waals surface area contributed by atoms with E-state index in [0.717, 1.165) is 16.3 Å². The summed E-state index contributed by atoms with van der Waals surface area (Å²) in [6.07, 6.45) is -1.46. The maximum absolute atomic E-state index is 13.4. The first-order valence-electron chi connectivity index (χ1n) is 7.51. The maximum atomic E-state index is 13.4. The number of aliphatic hydroxyl groups excluding tert-OH is 1. The molecule has 0 saturated carbocycles. The number of H-pyrrole nitrogens is 1. The number of aromatic amines is 1. The second kappa shape index (κ2) is 7.08. The zero-order valence-corrected chi connectivity index (χ0v) is 12.7. The number of benzene rings is 1. The Morgan fingerprint density at radius 3 is 2.83 bits per heavy atom. The standard InChI is InChI=1S/C16H17FN2O5/c17-11-7-19(16(22)18-15(11)21)14-6-12(20)13(24-14)9-23-8-10-4-2-1-3-5-10/h1-5,7,12-14,20H,6,8-9H2,(H,18,21,22)/t12?,13-,14-/m0/s1. The summed E-state index contributed by atoms with van der Waals surface area (Å²) < 4.78 is 25.4. The minimum absolute atomic E-state index is 0.102. The summed E-state index contributed by atoms with van der Waals surface area (Å²) in [5.74, 6) is -1.09. The van der Waals surface area contributed by atoms with Crippen LogP contribution >= 0.6 is 0 Å². The molecular weight excluding hydrogens is 319 g/mol. The van der Waals surface area contributed by atoms with E-state index in [4.69, 9.17) is 9.47 Å². The minimum Gasteiger partial charge on any atom is -0.390 e. The van der Waals surface area contributed by atoms with Crippen molar-refractivity contribution >= 4 is 0 Å². The van der Waals surface area contributed by atoms with Crippen molar-refractivity contribution in [2.75, 3.05) is 6.61 Å². The Balaban J connectivity index is 1.61. The predicted octanol–water partition coefficient (Wildman–Crippen LogP) is 0.541. The molecule has 0 bridgehead atoms. The summed E-state index contributed by atoms with van der Waals surface area (Å²) in [4.78, 5) is 24.7. The van der Waals surface area contributed by atoms with Gasteiger partial charge in [-0.05, 0) is 5.56 Å². The highest BCUT2D eigenvalue weighted by Gasteiger charge is 2.35. The van der Waals surface area contributed by atoms with E-state index in [0.29, 0.717) is 6.61 Å². The molecule has 0 radical (unpaired) electrons. The fourth-order valence-electron chi connectivity index (χ4n) is 2.58. The lowest BCUT2D eigenvalue weighted by molar-refractivity contribution is -0.0669. The van der Waals surface area contributed by atoms with Crippen LogP contribution in [0.2, 0.25) is 0 Å². The van der Waals surface area contributed by atoms with E-state index in [2.05, 4.69) is 0 Å². The molecule has 0 spiro atoms. The highest BCUT2D eigenvalue weighted by molar-refractivity contribution is 5.13. The van der Waals surface area contributed by atoms with Crippen LogP contribution in [0.15, 0.2) is 46.1 Å². The molecule has 1 aliphatic heterocycles. The molecule has 3 rings (SSSR count). The molecule has 2 N–H and O–H groups in total. The Kier molecular flexibility index (Phi) is 4.89. The van der Waals surface area contributed by atoms with E-state index in [1.807, 2.05) is 35.3 Å². The van der Waals surface area contributed by atoms with Gasteiger partial charge >= 0.3 is 5.69 Å². The van der Waals surface area contributed by atoms with Crippen LogP contribution in [0.1, 0.15) is 18.2 Å². The Morgan fingerprint density at radius 2 is 2.08 bits per heavy atom. The predicted molar refractivity (Wildman–Crippen MR) is 81.9 cm³/mol. The fourth-order valence-corrected chi connectivity index (χ4v) is 2.58. The molecule has 24 heavy (non-hydrogen) atoms. The van der Waals surface area contributed by atoms with Crippen LogP contribution in [0.4, 0.5) is 4.39 Å². The van der Waals surface area contributed by atoms with Crippen molar-refractivity contribution in [1.82, 2.24) is 9.55 Å². The van der Waals surface area contributed by atoms with Crippen molar-refractivity contribution in [3.8, 4) is 0 Å². The Labute approximate surface area is 136 Å². The molecule has 3 atom stereocenters. The van der Waals surface area contributed by atoms with Crippen LogP contribution in [-0.4, -0.2) is 33.5 Å². The minimum atomic E-state index is -1.09. The third kappa shape index (κ3) is 3.61. The van der Waals surface area contributed by atoms with Gasteiger partial charge in [0, 0.05) is 6.42 Å². The second-order valence-corrected chi connectivity index (χ2v) is 5.58. The Hall–Kier alpha value is -2.29. The van der Waals surface area contributed by atoms with Gasteiger partial charge in [-0.15, -0.1) is 0 Å². The van der Waals surface area contributed by atoms with Crippen molar-refractivity contribution in [3.63, 3.8) is 0 Å². The van der Waals surface area contributed by atoms with E-state index in [9.17, 15) is 19.1 Å². The quantitative estimate of drug-likeness (QED) is 0.831. The molecule has 1 unspecified atom stereocenters. The van der Waals surface area contributed by atoms with Gasteiger partial charge in [0.2, 0.25) is 5.82 Å². The molecule has 1 saturated heterocycles. The van der Waals surface area contributed by atoms with Crippen LogP contribution in [0.3, 0.4) is 0 Å². The van der Waals surface area contributed by atoms with Crippen LogP contribution in [0, 0.1) is 5.82 Å². The first-order valence-corrected chi connectivity index (χ1v) is 7.51. The van der Waals surface area contributed by atoms with E-state index >= 15 is 0 Å². The molecule has 0 aliphatic carbocycles. The van der Waals surface area contributed by atoms with E-state index < -0.39 is 35.5 Å². The van der Waals surface area contributed by atoms with E-state index in [1.165, 1.54) is 0 Å². The number of ether oxygens (including phenoxy) is 2. The van der Waals surface area contributed by atoms with Gasteiger partial charge in [0.25, 0.3) is 5.56 Å². The highest BCUT2D eigenvalue weighted by Crippen LogP contribution is 2.27. The summed E-state index contributed by atoms with van der Waals surface area (Å²) in [5.41, 5.74) is -0.887. The fraction of sp³-hybridized carbons (Fsp3) is 0.375. The van der Waals surface area contributed by atoms with Crippen LogP contribution < -0.4 is 11.2 Å². The zero-order valence-electron chi connectivity index (χ0n) is 12.7. The number of hydrogen-bond donors (Lipinski definition) is 2. The first kappa shape index (κ1) is 16.6. The van der Waals surface area contributed by atoms with Crippen molar-refractivity contribution in [1.29, 1.82) is 0 Å². The lowest BCUT2D eigenvalue weighted by Gasteiger charge is -2.16. The summed E-state index contributed by atoms with van der Waals surface area (Å²) in [7, 11) is 0. The van der Waals surface area contributed by atoms with Crippen molar-refractivity contribution in [2.45, 2.75) is 31.5 Å². The molecule has 1 aromatic heterocycles. The molecule has 1 aromatic carbocycles. The van der Waals surface area contributed by atoms with E-state index in [-0.39, 0.29) is 13.0 Å². The van der Waals surface area contributed by atoms with Crippen molar-refractivity contribution in [3.05, 3.63) is 68.7 Å². The molecule has 128 valence electrons.